The Morgan fingerprint density at radius 2 is 1.89 bits per heavy atom. The normalized spacial score (nSPS) is 10.1. The Kier molecular flexibility index (Phi) is 6.43. The average molecular weight is 265 g/mol. The van der Waals surface area contributed by atoms with Crippen LogP contribution >= 0.6 is 0 Å². The molecular formula is C14H19NO4. The summed E-state index contributed by atoms with van der Waals surface area (Å²) in [7, 11) is 0. The van der Waals surface area contributed by atoms with Gasteiger partial charge in [-0.3, -0.25) is 9.59 Å². The lowest BCUT2D eigenvalue weighted by molar-refractivity contribution is -0.123. The fourth-order valence-electron chi connectivity index (χ4n) is 1.32. The van der Waals surface area contributed by atoms with Crippen molar-refractivity contribution in [2.45, 2.75) is 13.8 Å². The second-order valence-corrected chi connectivity index (χ2v) is 4.41. The van der Waals surface area contributed by atoms with E-state index in [0.717, 1.165) is 0 Å². The topological polar surface area (TPSA) is 64.6 Å². The van der Waals surface area contributed by atoms with E-state index in [4.69, 9.17) is 9.47 Å². The summed E-state index contributed by atoms with van der Waals surface area (Å²) in [5.74, 6) is 1.11. The van der Waals surface area contributed by atoms with Crippen LogP contribution in [0.15, 0.2) is 24.3 Å². The van der Waals surface area contributed by atoms with Gasteiger partial charge in [0.1, 0.15) is 6.61 Å². The molecule has 0 fully saturated rings. The van der Waals surface area contributed by atoms with Crippen LogP contribution in [0.25, 0.3) is 0 Å². The highest BCUT2D eigenvalue weighted by molar-refractivity contribution is 5.77. The third-order valence-electron chi connectivity index (χ3n) is 2.22. The van der Waals surface area contributed by atoms with Crippen molar-refractivity contribution in [1.29, 1.82) is 0 Å². The number of para-hydroxylation sites is 2. The van der Waals surface area contributed by atoms with Gasteiger partial charge in [0.05, 0.1) is 0 Å². The zero-order chi connectivity index (χ0) is 14.1. The highest BCUT2D eigenvalue weighted by Gasteiger charge is 2.07. The molecule has 0 heterocycles. The minimum atomic E-state index is -0.182. The first kappa shape index (κ1) is 15.0. The Labute approximate surface area is 112 Å². The third kappa shape index (κ3) is 5.90. The van der Waals surface area contributed by atoms with E-state index in [-0.39, 0.29) is 19.1 Å². The summed E-state index contributed by atoms with van der Waals surface area (Å²) in [6.07, 6.45) is 0.659. The van der Waals surface area contributed by atoms with Crippen LogP contribution in [0.1, 0.15) is 13.8 Å². The number of ether oxygens (including phenoxy) is 2. The molecule has 0 aliphatic heterocycles. The third-order valence-corrected chi connectivity index (χ3v) is 2.22. The molecule has 0 saturated carbocycles. The molecule has 0 aromatic heterocycles. The van der Waals surface area contributed by atoms with Crippen LogP contribution in [0.5, 0.6) is 11.5 Å². The molecule has 0 radical (unpaired) electrons. The van der Waals surface area contributed by atoms with Crippen LogP contribution < -0.4 is 14.8 Å². The molecule has 0 unspecified atom stereocenters. The molecule has 1 aromatic rings. The smallest absolute Gasteiger partial charge is 0.257 e. The Bertz CT molecular complexity index is 418. The highest BCUT2D eigenvalue weighted by Crippen LogP contribution is 2.25. The van der Waals surface area contributed by atoms with E-state index in [9.17, 15) is 9.59 Å². The second-order valence-electron chi connectivity index (χ2n) is 4.41. The maximum Gasteiger partial charge on any atom is 0.257 e. The Morgan fingerprint density at radius 3 is 2.47 bits per heavy atom. The number of rotatable bonds is 8. The molecule has 5 heteroatoms. The molecule has 0 saturated heterocycles. The van der Waals surface area contributed by atoms with E-state index in [0.29, 0.717) is 30.2 Å². The molecule has 0 aliphatic carbocycles. The lowest BCUT2D eigenvalue weighted by Crippen LogP contribution is -2.31. The minimum Gasteiger partial charge on any atom is -0.482 e. The molecule has 104 valence electrons. The summed E-state index contributed by atoms with van der Waals surface area (Å²) >= 11 is 0. The van der Waals surface area contributed by atoms with Gasteiger partial charge < -0.3 is 14.8 Å². The first-order valence-corrected chi connectivity index (χ1v) is 6.18. The number of hydrogen-bond acceptors (Lipinski definition) is 4. The van der Waals surface area contributed by atoms with Crippen molar-refractivity contribution in [3.05, 3.63) is 24.3 Å². The monoisotopic (exact) mass is 265 g/mol. The van der Waals surface area contributed by atoms with E-state index in [2.05, 4.69) is 5.32 Å². The number of nitrogens with one attached hydrogen (secondary N) is 1. The summed E-state index contributed by atoms with van der Waals surface area (Å²) in [4.78, 5) is 21.8. The number of carbonyl (C=O) groups excluding carboxylic acids is 2. The van der Waals surface area contributed by atoms with E-state index in [1.807, 2.05) is 13.8 Å². The lowest BCUT2D eigenvalue weighted by Gasteiger charge is -2.12. The average Bonchev–Trinajstić information content (AvgIpc) is 2.41. The quantitative estimate of drug-likeness (QED) is 0.722. The Hall–Kier alpha value is -2.04. The van der Waals surface area contributed by atoms with E-state index >= 15 is 0 Å². The van der Waals surface area contributed by atoms with Gasteiger partial charge in [-0.05, 0) is 18.1 Å². The zero-order valence-electron chi connectivity index (χ0n) is 11.2. The van der Waals surface area contributed by atoms with Gasteiger partial charge in [-0.15, -0.1) is 0 Å². The van der Waals surface area contributed by atoms with E-state index in [1.165, 1.54) is 0 Å². The number of carbonyl (C=O) groups is 2. The summed E-state index contributed by atoms with van der Waals surface area (Å²) in [6, 6.07) is 6.92. The number of amides is 1. The molecule has 0 bridgehead atoms. The van der Waals surface area contributed by atoms with Crippen molar-refractivity contribution >= 4 is 12.2 Å². The molecule has 0 aliphatic rings. The van der Waals surface area contributed by atoms with Gasteiger partial charge in [0.2, 0.25) is 0 Å². The Balaban J connectivity index is 2.47. The maximum atomic E-state index is 11.5. The van der Waals surface area contributed by atoms with Crippen LogP contribution in [-0.4, -0.2) is 32.0 Å². The van der Waals surface area contributed by atoms with Crippen LogP contribution in [0.4, 0.5) is 0 Å². The van der Waals surface area contributed by atoms with Gasteiger partial charge in [0, 0.05) is 6.54 Å². The number of hydrogen-bond donors (Lipinski definition) is 1. The predicted octanol–water partition coefficient (Wildman–Crippen LogP) is 1.42. The molecule has 1 amide bonds. The summed E-state index contributed by atoms with van der Waals surface area (Å²) in [5, 5.41) is 2.75. The van der Waals surface area contributed by atoms with Crippen LogP contribution in [0.3, 0.4) is 0 Å². The summed E-state index contributed by atoms with van der Waals surface area (Å²) in [5.41, 5.74) is 0. The van der Waals surface area contributed by atoms with Crippen molar-refractivity contribution in [2.75, 3.05) is 19.8 Å². The van der Waals surface area contributed by atoms with Gasteiger partial charge in [-0.1, -0.05) is 26.0 Å². The van der Waals surface area contributed by atoms with E-state index in [1.54, 1.807) is 24.3 Å². The van der Waals surface area contributed by atoms with E-state index < -0.39 is 0 Å². The number of benzene rings is 1. The molecule has 19 heavy (non-hydrogen) atoms. The van der Waals surface area contributed by atoms with Crippen LogP contribution in [0.2, 0.25) is 0 Å². The molecule has 1 rings (SSSR count). The van der Waals surface area contributed by atoms with Crippen LogP contribution in [-0.2, 0) is 9.59 Å². The highest BCUT2D eigenvalue weighted by atomic mass is 16.5. The van der Waals surface area contributed by atoms with Gasteiger partial charge in [-0.2, -0.15) is 0 Å². The molecule has 0 atom stereocenters. The fraction of sp³-hybridized carbons (Fsp3) is 0.429. The summed E-state index contributed by atoms with van der Waals surface area (Å²) < 4.78 is 10.6. The second kappa shape index (κ2) is 8.13. The van der Waals surface area contributed by atoms with Gasteiger partial charge in [0.25, 0.3) is 5.91 Å². The standard InChI is InChI=1S/C14H19NO4/c1-11(2)9-15-14(17)10-19-13-6-4-3-5-12(13)18-8-7-16/h3-7,11H,8-10H2,1-2H3,(H,15,17). The minimum absolute atomic E-state index is 0.0417. The van der Waals surface area contributed by atoms with Gasteiger partial charge in [0.15, 0.2) is 24.4 Å². The molecular weight excluding hydrogens is 246 g/mol. The number of aldehydes is 1. The van der Waals surface area contributed by atoms with Gasteiger partial charge >= 0.3 is 0 Å². The first-order valence-electron chi connectivity index (χ1n) is 6.18. The lowest BCUT2D eigenvalue weighted by atomic mass is 10.2. The molecule has 0 spiro atoms. The van der Waals surface area contributed by atoms with Crippen molar-refractivity contribution < 1.29 is 19.1 Å². The van der Waals surface area contributed by atoms with Gasteiger partial charge in [-0.25, -0.2) is 0 Å². The van der Waals surface area contributed by atoms with Crippen molar-refractivity contribution in [2.24, 2.45) is 5.92 Å². The molecule has 5 nitrogen and oxygen atoms in total. The van der Waals surface area contributed by atoms with Crippen molar-refractivity contribution in [1.82, 2.24) is 5.32 Å². The Morgan fingerprint density at radius 1 is 1.26 bits per heavy atom. The SMILES string of the molecule is CC(C)CNC(=O)COc1ccccc1OCC=O. The molecule has 1 N–H and O–H groups in total. The fourth-order valence-corrected chi connectivity index (χ4v) is 1.32. The summed E-state index contributed by atoms with van der Waals surface area (Å²) in [6.45, 7) is 4.53. The largest absolute Gasteiger partial charge is 0.482 e. The van der Waals surface area contributed by atoms with Crippen LogP contribution in [0, 0.1) is 5.92 Å². The zero-order valence-corrected chi connectivity index (χ0v) is 11.2. The van der Waals surface area contributed by atoms with Crippen molar-refractivity contribution in [3.63, 3.8) is 0 Å². The van der Waals surface area contributed by atoms with Crippen molar-refractivity contribution in [3.8, 4) is 11.5 Å². The first-order chi connectivity index (χ1) is 9.13. The predicted molar refractivity (Wildman–Crippen MR) is 71.3 cm³/mol. The molecule has 1 aromatic carbocycles. The maximum absolute atomic E-state index is 11.5.